The van der Waals surface area contributed by atoms with Crippen molar-refractivity contribution >= 4 is 11.9 Å². The fourth-order valence-corrected chi connectivity index (χ4v) is 2.87. The number of carbonyl (C=O) groups excluding carboxylic acids is 2. The van der Waals surface area contributed by atoms with Crippen LogP contribution in [0, 0.1) is 0 Å². The molecule has 0 aromatic rings. The van der Waals surface area contributed by atoms with Gasteiger partial charge in [0.25, 0.3) is 0 Å². The van der Waals surface area contributed by atoms with Crippen LogP contribution in [0.1, 0.15) is 90.9 Å². The average Bonchev–Trinajstić information content (AvgIpc) is 2.74. The summed E-state index contributed by atoms with van der Waals surface area (Å²) in [7, 11) is 0. The van der Waals surface area contributed by atoms with Gasteiger partial charge in [-0.25, -0.2) is 0 Å². The van der Waals surface area contributed by atoms with Gasteiger partial charge in [-0.15, -0.1) is 0 Å². The first kappa shape index (κ1) is 30.3. The smallest absolute Gasteiger partial charge is 0.305 e. The Kier molecular flexibility index (Phi) is 21.4. The van der Waals surface area contributed by atoms with E-state index in [2.05, 4.69) is 13.2 Å². The number of hydrogen-bond donors (Lipinski definition) is 0. The fourth-order valence-electron chi connectivity index (χ4n) is 2.87. The van der Waals surface area contributed by atoms with Crippen molar-refractivity contribution in [2.75, 3.05) is 39.6 Å². The van der Waals surface area contributed by atoms with E-state index in [-0.39, 0.29) is 11.9 Å². The van der Waals surface area contributed by atoms with Crippen LogP contribution in [0.25, 0.3) is 0 Å². The Morgan fingerprint density at radius 3 is 1.22 bits per heavy atom. The number of unbranched alkanes of at least 4 members (excludes halogenated alkanes) is 7. The minimum atomic E-state index is -0.185. The summed E-state index contributed by atoms with van der Waals surface area (Å²) < 4.78 is 21.4. The monoisotopic (exact) mass is 454 g/mol. The molecule has 0 fully saturated rings. The topological polar surface area (TPSA) is 71.1 Å². The van der Waals surface area contributed by atoms with E-state index < -0.39 is 0 Å². The van der Waals surface area contributed by atoms with E-state index in [1.807, 2.05) is 13.8 Å². The predicted octanol–water partition coefficient (Wildman–Crippen LogP) is 5.94. The molecule has 0 heterocycles. The van der Waals surface area contributed by atoms with Crippen molar-refractivity contribution in [3.05, 3.63) is 24.3 Å². The van der Waals surface area contributed by atoms with Gasteiger partial charge >= 0.3 is 11.9 Å². The van der Waals surface area contributed by atoms with Crippen LogP contribution in [0.3, 0.4) is 0 Å². The third-order valence-electron chi connectivity index (χ3n) is 4.60. The van der Waals surface area contributed by atoms with Crippen molar-refractivity contribution in [1.82, 2.24) is 0 Å². The molecule has 0 spiro atoms. The third kappa shape index (κ3) is 24.6. The maximum Gasteiger partial charge on any atom is 0.305 e. The second-order valence-electron chi connectivity index (χ2n) is 8.50. The van der Waals surface area contributed by atoms with E-state index in [1.165, 1.54) is 0 Å². The molecule has 0 amide bonds. The molecule has 0 aliphatic carbocycles. The Labute approximate surface area is 195 Å². The van der Waals surface area contributed by atoms with E-state index in [0.29, 0.717) is 52.1 Å². The molecule has 0 radical (unpaired) electrons. The SMILES string of the molecule is C=C(C)COCCCCCCOC(=O)CCCCC(=O)OCCCCCCOCC(=C)C. The third-order valence-corrected chi connectivity index (χ3v) is 4.60. The molecule has 0 saturated heterocycles. The lowest BCUT2D eigenvalue weighted by molar-refractivity contribution is -0.146. The molecule has 0 aliphatic rings. The Morgan fingerprint density at radius 2 is 0.875 bits per heavy atom. The molecule has 0 aliphatic heterocycles. The zero-order chi connectivity index (χ0) is 23.9. The van der Waals surface area contributed by atoms with E-state index in [0.717, 1.165) is 75.7 Å². The van der Waals surface area contributed by atoms with Gasteiger partial charge < -0.3 is 18.9 Å². The zero-order valence-corrected chi connectivity index (χ0v) is 20.6. The summed E-state index contributed by atoms with van der Waals surface area (Å²) in [5.41, 5.74) is 2.08. The first-order valence-electron chi connectivity index (χ1n) is 12.2. The van der Waals surface area contributed by atoms with Gasteiger partial charge in [-0.3, -0.25) is 9.59 Å². The van der Waals surface area contributed by atoms with Crippen LogP contribution in [-0.2, 0) is 28.5 Å². The van der Waals surface area contributed by atoms with Crippen molar-refractivity contribution in [3.63, 3.8) is 0 Å². The molecule has 0 saturated carbocycles. The summed E-state index contributed by atoms with van der Waals surface area (Å²) in [6.45, 7) is 15.2. The molecule has 0 rings (SSSR count). The first-order chi connectivity index (χ1) is 15.4. The largest absolute Gasteiger partial charge is 0.466 e. The molecule has 6 heteroatoms. The maximum atomic E-state index is 11.7. The Morgan fingerprint density at radius 1 is 0.531 bits per heavy atom. The predicted molar refractivity (Wildman–Crippen MR) is 129 cm³/mol. The minimum Gasteiger partial charge on any atom is -0.466 e. The van der Waals surface area contributed by atoms with Crippen LogP contribution < -0.4 is 0 Å². The number of carbonyl (C=O) groups is 2. The lowest BCUT2D eigenvalue weighted by Gasteiger charge is -2.07. The van der Waals surface area contributed by atoms with Crippen LogP contribution >= 0.6 is 0 Å². The van der Waals surface area contributed by atoms with Crippen LogP contribution in [0.5, 0.6) is 0 Å². The van der Waals surface area contributed by atoms with Crippen molar-refractivity contribution in [2.24, 2.45) is 0 Å². The quantitative estimate of drug-likeness (QED) is 0.108. The second kappa shape index (κ2) is 22.5. The van der Waals surface area contributed by atoms with Gasteiger partial charge in [0.2, 0.25) is 0 Å². The summed E-state index contributed by atoms with van der Waals surface area (Å²) >= 11 is 0. The summed E-state index contributed by atoms with van der Waals surface area (Å²) in [6.07, 6.45) is 9.99. The van der Waals surface area contributed by atoms with E-state index in [4.69, 9.17) is 18.9 Å². The average molecular weight is 455 g/mol. The molecule has 0 atom stereocenters. The van der Waals surface area contributed by atoms with Crippen LogP contribution in [-0.4, -0.2) is 51.6 Å². The van der Waals surface area contributed by atoms with Gasteiger partial charge in [0.05, 0.1) is 26.4 Å². The standard InChI is InChI=1S/C26H46O6/c1-23(2)21-29-17-11-5-7-13-19-31-25(27)15-9-10-16-26(28)32-20-14-8-6-12-18-30-22-24(3)4/h1,3,5-22H2,2,4H3. The van der Waals surface area contributed by atoms with E-state index >= 15 is 0 Å². The number of esters is 2. The Balaban J connectivity index is 3.33. The van der Waals surface area contributed by atoms with Crippen LogP contribution in [0.4, 0.5) is 0 Å². The summed E-state index contributed by atoms with van der Waals surface area (Å²) in [5, 5.41) is 0. The van der Waals surface area contributed by atoms with Crippen molar-refractivity contribution in [2.45, 2.75) is 90.9 Å². The van der Waals surface area contributed by atoms with Crippen LogP contribution in [0.2, 0.25) is 0 Å². The molecular formula is C26H46O6. The second-order valence-corrected chi connectivity index (χ2v) is 8.50. The lowest BCUT2D eigenvalue weighted by Crippen LogP contribution is -2.08. The van der Waals surface area contributed by atoms with Crippen LogP contribution in [0.15, 0.2) is 24.3 Å². The molecule has 32 heavy (non-hydrogen) atoms. The summed E-state index contributed by atoms with van der Waals surface area (Å²) in [6, 6.07) is 0. The van der Waals surface area contributed by atoms with E-state index in [1.54, 1.807) is 0 Å². The zero-order valence-electron chi connectivity index (χ0n) is 20.6. The summed E-state index contributed by atoms with van der Waals surface area (Å²) in [4.78, 5) is 23.4. The summed E-state index contributed by atoms with van der Waals surface area (Å²) in [5.74, 6) is -0.370. The molecule has 0 N–H and O–H groups in total. The molecular weight excluding hydrogens is 408 g/mol. The lowest BCUT2D eigenvalue weighted by atomic mass is 10.2. The molecule has 0 aromatic heterocycles. The van der Waals surface area contributed by atoms with Crippen molar-refractivity contribution in [3.8, 4) is 0 Å². The van der Waals surface area contributed by atoms with E-state index in [9.17, 15) is 9.59 Å². The van der Waals surface area contributed by atoms with Gasteiger partial charge in [-0.05, 0) is 65.2 Å². The molecule has 0 unspecified atom stereocenters. The molecule has 6 nitrogen and oxygen atoms in total. The maximum absolute atomic E-state index is 11.7. The fraction of sp³-hybridized carbons (Fsp3) is 0.769. The molecule has 0 aromatic carbocycles. The normalized spacial score (nSPS) is 10.7. The van der Waals surface area contributed by atoms with Crippen molar-refractivity contribution < 1.29 is 28.5 Å². The highest BCUT2D eigenvalue weighted by Crippen LogP contribution is 2.06. The highest BCUT2D eigenvalue weighted by Gasteiger charge is 2.06. The van der Waals surface area contributed by atoms with Gasteiger partial charge in [0.1, 0.15) is 0 Å². The number of ether oxygens (including phenoxy) is 4. The molecule has 0 bridgehead atoms. The Hall–Kier alpha value is -1.66. The minimum absolute atomic E-state index is 0.185. The number of rotatable bonds is 23. The first-order valence-corrected chi connectivity index (χ1v) is 12.2. The van der Waals surface area contributed by atoms with Gasteiger partial charge in [-0.1, -0.05) is 37.1 Å². The highest BCUT2D eigenvalue weighted by atomic mass is 16.5. The van der Waals surface area contributed by atoms with Gasteiger partial charge in [0, 0.05) is 26.1 Å². The van der Waals surface area contributed by atoms with Gasteiger partial charge in [-0.2, -0.15) is 0 Å². The Bertz CT molecular complexity index is 468. The van der Waals surface area contributed by atoms with Gasteiger partial charge in [0.15, 0.2) is 0 Å². The van der Waals surface area contributed by atoms with Crippen molar-refractivity contribution in [1.29, 1.82) is 0 Å². The highest BCUT2D eigenvalue weighted by molar-refractivity contribution is 5.70. The number of hydrogen-bond acceptors (Lipinski definition) is 6. The molecule has 186 valence electrons.